The van der Waals surface area contributed by atoms with E-state index < -0.39 is 0 Å². The minimum Gasteiger partial charge on any atom is -0.494 e. The fourth-order valence-electron chi connectivity index (χ4n) is 3.27. The number of aromatic nitrogens is 4. The molecule has 4 rings (SSSR count). The summed E-state index contributed by atoms with van der Waals surface area (Å²) < 4.78 is 8.01. The summed E-state index contributed by atoms with van der Waals surface area (Å²) in [6, 6.07) is 16.6. The predicted molar refractivity (Wildman–Crippen MR) is 122 cm³/mol. The van der Waals surface area contributed by atoms with E-state index in [1.165, 1.54) is 10.8 Å². The first kappa shape index (κ1) is 21.6. The molecule has 0 saturated carbocycles. The smallest absolute Gasteiger partial charge is 0.293 e. The molecular weight excluding hydrogens is 430 g/mol. The summed E-state index contributed by atoms with van der Waals surface area (Å²) in [5.74, 6) is 0.482. The van der Waals surface area contributed by atoms with E-state index in [0.29, 0.717) is 35.8 Å². The van der Waals surface area contributed by atoms with Crippen molar-refractivity contribution in [2.24, 2.45) is 0 Å². The summed E-state index contributed by atoms with van der Waals surface area (Å²) in [6.07, 6.45) is 2.09. The third kappa shape index (κ3) is 4.97. The number of carbonyl (C=O) groups excluding carboxylic acids is 1. The van der Waals surface area contributed by atoms with Crippen molar-refractivity contribution in [2.45, 2.75) is 19.9 Å². The predicted octanol–water partition coefficient (Wildman–Crippen LogP) is 2.97. The van der Waals surface area contributed by atoms with Gasteiger partial charge in [0.05, 0.1) is 12.3 Å². The largest absolute Gasteiger partial charge is 0.494 e. The zero-order valence-electron chi connectivity index (χ0n) is 17.5. The molecule has 4 aromatic rings. The molecule has 0 aliphatic heterocycles. The Morgan fingerprint density at radius 2 is 1.88 bits per heavy atom. The van der Waals surface area contributed by atoms with Crippen LogP contribution in [0.25, 0.3) is 16.8 Å². The number of hydrogen-bond acceptors (Lipinski definition) is 5. The highest BCUT2D eigenvalue weighted by atomic mass is 35.5. The van der Waals surface area contributed by atoms with Crippen molar-refractivity contribution in [2.75, 3.05) is 13.2 Å². The van der Waals surface area contributed by atoms with E-state index in [1.807, 2.05) is 55.5 Å². The van der Waals surface area contributed by atoms with Crippen LogP contribution in [-0.2, 0) is 17.8 Å². The van der Waals surface area contributed by atoms with Gasteiger partial charge in [0, 0.05) is 17.1 Å². The Bertz CT molecular complexity index is 1280. The van der Waals surface area contributed by atoms with Gasteiger partial charge < -0.3 is 10.1 Å². The lowest BCUT2D eigenvalue weighted by Crippen LogP contribution is -2.35. The first-order valence-electron chi connectivity index (χ1n) is 10.2. The molecule has 1 N–H and O–H groups in total. The molecule has 0 spiro atoms. The Morgan fingerprint density at radius 3 is 2.59 bits per heavy atom. The van der Waals surface area contributed by atoms with E-state index in [-0.39, 0.29) is 18.0 Å². The first-order chi connectivity index (χ1) is 15.5. The molecule has 8 nitrogen and oxygen atoms in total. The molecule has 164 valence electrons. The molecule has 32 heavy (non-hydrogen) atoms. The number of rotatable bonds is 8. The summed E-state index contributed by atoms with van der Waals surface area (Å²) in [4.78, 5) is 25.1. The van der Waals surface area contributed by atoms with Crippen LogP contribution in [0.4, 0.5) is 0 Å². The average molecular weight is 452 g/mol. The molecule has 9 heteroatoms. The fraction of sp³-hybridized carbons (Fsp3) is 0.217. The van der Waals surface area contributed by atoms with E-state index in [9.17, 15) is 9.59 Å². The zero-order chi connectivity index (χ0) is 22.5. The molecular formula is C23H22ClN5O3. The molecule has 0 bridgehead atoms. The minimum atomic E-state index is -0.384. The average Bonchev–Trinajstić information content (AvgIpc) is 3.23. The van der Waals surface area contributed by atoms with Gasteiger partial charge >= 0.3 is 0 Å². The fourth-order valence-corrected chi connectivity index (χ4v) is 3.40. The quantitative estimate of drug-likeness (QED) is 0.444. The van der Waals surface area contributed by atoms with Gasteiger partial charge in [-0.25, -0.2) is 9.20 Å². The molecule has 0 radical (unpaired) electrons. The second-order valence-electron chi connectivity index (χ2n) is 7.14. The molecule has 0 atom stereocenters. The van der Waals surface area contributed by atoms with Crippen molar-refractivity contribution in [1.82, 2.24) is 24.7 Å². The van der Waals surface area contributed by atoms with Gasteiger partial charge in [0.25, 0.3) is 5.56 Å². The summed E-state index contributed by atoms with van der Waals surface area (Å²) >= 11 is 5.88. The summed E-state index contributed by atoms with van der Waals surface area (Å²) in [5.41, 5.74) is 2.51. The van der Waals surface area contributed by atoms with Gasteiger partial charge in [0.1, 0.15) is 24.1 Å². The lowest BCUT2D eigenvalue weighted by Gasteiger charge is -2.07. The van der Waals surface area contributed by atoms with Crippen molar-refractivity contribution in [3.05, 3.63) is 81.9 Å². The Morgan fingerprint density at radius 1 is 1.12 bits per heavy atom. The van der Waals surface area contributed by atoms with Crippen molar-refractivity contribution in [3.8, 4) is 17.0 Å². The summed E-state index contributed by atoms with van der Waals surface area (Å²) in [5, 5.41) is 12.0. The van der Waals surface area contributed by atoms with Crippen LogP contribution >= 0.6 is 11.6 Å². The third-order valence-corrected chi connectivity index (χ3v) is 5.15. The van der Waals surface area contributed by atoms with Crippen molar-refractivity contribution >= 4 is 23.0 Å². The van der Waals surface area contributed by atoms with Gasteiger partial charge in [-0.2, -0.15) is 10.2 Å². The lowest BCUT2D eigenvalue weighted by atomic mass is 10.1. The number of fused-ring (bicyclic) bond motifs is 1. The molecule has 0 saturated heterocycles. The van der Waals surface area contributed by atoms with Gasteiger partial charge in [0.15, 0.2) is 0 Å². The Hall–Kier alpha value is -3.65. The highest BCUT2D eigenvalue weighted by Crippen LogP contribution is 2.21. The van der Waals surface area contributed by atoms with Gasteiger partial charge in [-0.3, -0.25) is 9.59 Å². The van der Waals surface area contributed by atoms with Gasteiger partial charge in [0.2, 0.25) is 5.91 Å². The van der Waals surface area contributed by atoms with Crippen molar-refractivity contribution in [1.29, 1.82) is 0 Å². The molecule has 2 heterocycles. The number of nitrogens with one attached hydrogen (secondary N) is 1. The number of hydrogen-bond donors (Lipinski definition) is 1. The van der Waals surface area contributed by atoms with Crippen LogP contribution in [0.5, 0.6) is 5.75 Å². The van der Waals surface area contributed by atoms with Crippen LogP contribution in [-0.4, -0.2) is 38.5 Å². The van der Waals surface area contributed by atoms with E-state index in [2.05, 4.69) is 15.5 Å². The van der Waals surface area contributed by atoms with E-state index in [0.717, 1.165) is 21.6 Å². The highest BCUT2D eigenvalue weighted by molar-refractivity contribution is 6.30. The maximum atomic E-state index is 12.8. The normalized spacial score (nSPS) is 10.9. The van der Waals surface area contributed by atoms with Crippen LogP contribution in [0.2, 0.25) is 5.02 Å². The topological polar surface area (TPSA) is 90.5 Å². The summed E-state index contributed by atoms with van der Waals surface area (Å²) in [7, 11) is 0. The van der Waals surface area contributed by atoms with Crippen molar-refractivity contribution < 1.29 is 9.53 Å². The van der Waals surface area contributed by atoms with Gasteiger partial charge in [-0.15, -0.1) is 0 Å². The standard InChI is InChI=1S/C23H22ClN5O3/c1-2-32-19-9-5-17(6-10-19)20-13-21-23(31)28(26-15-29(21)27-20)14-22(30)25-12-11-16-3-7-18(24)8-4-16/h3-10,13,15H,2,11-12,14H2,1H3,(H,25,30). The molecule has 2 aromatic carbocycles. The Balaban J connectivity index is 1.43. The van der Waals surface area contributed by atoms with E-state index in [1.54, 1.807) is 6.07 Å². The van der Waals surface area contributed by atoms with Crippen LogP contribution in [0.1, 0.15) is 12.5 Å². The number of benzene rings is 2. The second kappa shape index (κ2) is 9.65. The molecule has 0 aliphatic carbocycles. The Labute approximate surface area is 189 Å². The van der Waals surface area contributed by atoms with Crippen molar-refractivity contribution in [3.63, 3.8) is 0 Å². The van der Waals surface area contributed by atoms with E-state index in [4.69, 9.17) is 16.3 Å². The molecule has 0 fully saturated rings. The monoisotopic (exact) mass is 451 g/mol. The van der Waals surface area contributed by atoms with E-state index >= 15 is 0 Å². The maximum Gasteiger partial charge on any atom is 0.293 e. The molecule has 1 amide bonds. The number of halogens is 1. The molecule has 2 aromatic heterocycles. The third-order valence-electron chi connectivity index (χ3n) is 4.89. The number of nitrogens with zero attached hydrogens (tertiary/aromatic N) is 4. The van der Waals surface area contributed by atoms with Crippen LogP contribution in [0.15, 0.2) is 65.7 Å². The zero-order valence-corrected chi connectivity index (χ0v) is 18.2. The first-order valence-corrected chi connectivity index (χ1v) is 10.6. The van der Waals surface area contributed by atoms with Crippen LogP contribution in [0.3, 0.4) is 0 Å². The second-order valence-corrected chi connectivity index (χ2v) is 7.57. The number of ether oxygens (including phenoxy) is 1. The highest BCUT2D eigenvalue weighted by Gasteiger charge is 2.12. The SMILES string of the molecule is CCOc1ccc(-c2cc3c(=O)n(CC(=O)NCCc4ccc(Cl)cc4)ncn3n2)cc1. The maximum absolute atomic E-state index is 12.8. The summed E-state index contributed by atoms with van der Waals surface area (Å²) in [6.45, 7) is 2.80. The molecule has 0 aliphatic rings. The Kier molecular flexibility index (Phi) is 6.51. The number of carbonyl (C=O) groups is 1. The lowest BCUT2D eigenvalue weighted by molar-refractivity contribution is -0.121. The minimum absolute atomic E-state index is 0.167. The van der Waals surface area contributed by atoms with Crippen LogP contribution < -0.4 is 15.6 Å². The van der Waals surface area contributed by atoms with Gasteiger partial charge in [-0.05, 0) is 61.4 Å². The molecule has 0 unspecified atom stereocenters. The van der Waals surface area contributed by atoms with Gasteiger partial charge in [-0.1, -0.05) is 23.7 Å². The van der Waals surface area contributed by atoms with Crippen LogP contribution in [0, 0.1) is 0 Å². The number of amides is 1.